The molecule has 0 aromatic heterocycles. The number of allylic oxidation sites excluding steroid dienone is 11. The third-order valence-corrected chi connectivity index (χ3v) is 7.57. The molecule has 0 amide bonds. The standard InChI is InChI=1S/C31H33N/c1-2-22(21-32)29-20-27-14-9-15-28(27)31(29)26-18-16-25(17-19-26)30(23-10-5-3-6-11-23)24-12-7-4-8-13-24/h2,5,9-10,12,14,16-19,21,23,30,32H,3-4,6-8,11,13,20H2,1H3/b22-2+,32-21?. The van der Waals surface area contributed by atoms with Crippen molar-refractivity contribution in [2.45, 2.75) is 64.2 Å². The van der Waals surface area contributed by atoms with Gasteiger partial charge in [0, 0.05) is 23.3 Å². The van der Waals surface area contributed by atoms with Crippen molar-refractivity contribution in [1.82, 2.24) is 0 Å². The highest BCUT2D eigenvalue weighted by Gasteiger charge is 2.29. The maximum absolute atomic E-state index is 7.90. The van der Waals surface area contributed by atoms with Crippen LogP contribution in [-0.4, -0.2) is 6.21 Å². The van der Waals surface area contributed by atoms with E-state index in [1.54, 1.807) is 5.57 Å². The third-order valence-electron chi connectivity index (χ3n) is 7.57. The molecule has 162 valence electrons. The van der Waals surface area contributed by atoms with Gasteiger partial charge >= 0.3 is 0 Å². The minimum Gasteiger partial charge on any atom is -0.308 e. The van der Waals surface area contributed by atoms with Crippen molar-refractivity contribution in [3.8, 4) is 0 Å². The van der Waals surface area contributed by atoms with Crippen LogP contribution in [0.15, 0.2) is 94.3 Å². The second-order valence-electron chi connectivity index (χ2n) is 9.44. The van der Waals surface area contributed by atoms with Crippen LogP contribution in [0, 0.1) is 11.3 Å². The lowest BCUT2D eigenvalue weighted by Crippen LogP contribution is -2.17. The normalized spacial score (nSPS) is 23.6. The van der Waals surface area contributed by atoms with Gasteiger partial charge in [0.15, 0.2) is 0 Å². The zero-order valence-electron chi connectivity index (χ0n) is 19.2. The zero-order chi connectivity index (χ0) is 21.9. The van der Waals surface area contributed by atoms with Gasteiger partial charge < -0.3 is 5.41 Å². The molecule has 0 radical (unpaired) electrons. The van der Waals surface area contributed by atoms with Crippen LogP contribution in [0.1, 0.15) is 75.3 Å². The van der Waals surface area contributed by atoms with Gasteiger partial charge in [-0.25, -0.2) is 0 Å². The first-order valence-corrected chi connectivity index (χ1v) is 12.3. The number of nitrogens with one attached hydrogen (secondary N) is 1. The zero-order valence-corrected chi connectivity index (χ0v) is 19.2. The summed E-state index contributed by atoms with van der Waals surface area (Å²) in [6, 6.07) is 9.40. The lowest BCUT2D eigenvalue weighted by Gasteiger charge is -2.31. The summed E-state index contributed by atoms with van der Waals surface area (Å²) in [5.41, 5.74) is 13.9. The molecular formula is C31H33N. The molecule has 1 aromatic rings. The molecule has 2 unspecified atom stereocenters. The van der Waals surface area contributed by atoms with E-state index >= 15 is 0 Å². The van der Waals surface area contributed by atoms with Gasteiger partial charge in [-0.2, -0.15) is 0 Å². The Kier molecular flexibility index (Phi) is 6.10. The molecule has 32 heavy (non-hydrogen) atoms. The van der Waals surface area contributed by atoms with E-state index in [4.69, 9.17) is 5.41 Å². The highest BCUT2D eigenvalue weighted by molar-refractivity contribution is 5.98. The summed E-state index contributed by atoms with van der Waals surface area (Å²) in [6.07, 6.45) is 25.1. The van der Waals surface area contributed by atoms with Crippen LogP contribution in [0.25, 0.3) is 5.57 Å². The Morgan fingerprint density at radius 2 is 2.00 bits per heavy atom. The van der Waals surface area contributed by atoms with Gasteiger partial charge in [0.2, 0.25) is 0 Å². The summed E-state index contributed by atoms with van der Waals surface area (Å²) in [7, 11) is 0. The molecule has 1 aromatic carbocycles. The van der Waals surface area contributed by atoms with Crippen molar-refractivity contribution in [1.29, 1.82) is 5.41 Å². The van der Waals surface area contributed by atoms with Crippen LogP contribution in [0.4, 0.5) is 0 Å². The number of rotatable bonds is 6. The molecule has 0 fully saturated rings. The predicted octanol–water partition coefficient (Wildman–Crippen LogP) is 8.40. The maximum Gasteiger partial charge on any atom is 0.0281 e. The Morgan fingerprint density at radius 1 is 1.12 bits per heavy atom. The average molecular weight is 420 g/mol. The first-order valence-electron chi connectivity index (χ1n) is 12.3. The van der Waals surface area contributed by atoms with Crippen molar-refractivity contribution in [3.63, 3.8) is 0 Å². The second kappa shape index (κ2) is 9.31. The van der Waals surface area contributed by atoms with Crippen molar-refractivity contribution in [2.24, 2.45) is 5.92 Å². The highest BCUT2D eigenvalue weighted by Crippen LogP contribution is 2.47. The van der Waals surface area contributed by atoms with Crippen LogP contribution >= 0.6 is 0 Å². The first-order chi connectivity index (χ1) is 15.8. The second-order valence-corrected chi connectivity index (χ2v) is 9.44. The fourth-order valence-corrected chi connectivity index (χ4v) is 5.98. The Labute approximate surface area is 192 Å². The maximum atomic E-state index is 7.90. The molecule has 5 rings (SSSR count). The molecular weight excluding hydrogens is 386 g/mol. The van der Waals surface area contributed by atoms with Crippen LogP contribution in [0.2, 0.25) is 0 Å². The summed E-state index contributed by atoms with van der Waals surface area (Å²) in [4.78, 5) is 0. The van der Waals surface area contributed by atoms with Crippen LogP contribution < -0.4 is 0 Å². The van der Waals surface area contributed by atoms with E-state index in [2.05, 4.69) is 60.4 Å². The number of fused-ring (bicyclic) bond motifs is 1. The van der Waals surface area contributed by atoms with E-state index in [0.29, 0.717) is 11.8 Å². The molecule has 0 saturated carbocycles. The third kappa shape index (κ3) is 3.87. The lowest BCUT2D eigenvalue weighted by molar-refractivity contribution is 0.465. The Bertz CT molecular complexity index is 1120. The number of benzene rings is 1. The first kappa shape index (κ1) is 21.0. The van der Waals surface area contributed by atoms with Crippen molar-refractivity contribution in [2.75, 3.05) is 0 Å². The van der Waals surface area contributed by atoms with Gasteiger partial charge in [0.05, 0.1) is 0 Å². The summed E-state index contributed by atoms with van der Waals surface area (Å²) in [6.45, 7) is 2.03. The summed E-state index contributed by atoms with van der Waals surface area (Å²) in [5.74, 6) is 1.15. The molecule has 0 bridgehead atoms. The summed E-state index contributed by atoms with van der Waals surface area (Å²) >= 11 is 0. The van der Waals surface area contributed by atoms with Gasteiger partial charge in [0.25, 0.3) is 0 Å². The molecule has 1 N–H and O–H groups in total. The van der Waals surface area contributed by atoms with E-state index < -0.39 is 0 Å². The van der Waals surface area contributed by atoms with Crippen molar-refractivity contribution < 1.29 is 0 Å². The lowest BCUT2D eigenvalue weighted by atomic mass is 9.73. The smallest absolute Gasteiger partial charge is 0.0281 e. The summed E-state index contributed by atoms with van der Waals surface area (Å²) in [5, 5.41) is 7.90. The fraction of sp³-hybridized carbons (Fsp3) is 0.355. The molecule has 0 saturated heterocycles. The molecule has 4 aliphatic carbocycles. The van der Waals surface area contributed by atoms with E-state index in [1.807, 2.05) is 13.0 Å². The summed E-state index contributed by atoms with van der Waals surface area (Å²) < 4.78 is 0. The van der Waals surface area contributed by atoms with Crippen LogP contribution in [0.3, 0.4) is 0 Å². The number of hydrogen-bond donors (Lipinski definition) is 1. The van der Waals surface area contributed by atoms with Gasteiger partial charge in [-0.1, -0.05) is 54.1 Å². The minimum atomic E-state index is 0.520. The molecule has 0 heterocycles. The topological polar surface area (TPSA) is 23.9 Å². The van der Waals surface area contributed by atoms with Gasteiger partial charge in [-0.3, -0.25) is 0 Å². The molecule has 0 spiro atoms. The van der Waals surface area contributed by atoms with E-state index in [9.17, 15) is 0 Å². The van der Waals surface area contributed by atoms with Gasteiger partial charge in [0.1, 0.15) is 0 Å². The fourth-order valence-electron chi connectivity index (χ4n) is 5.98. The van der Waals surface area contributed by atoms with Crippen LogP contribution in [0.5, 0.6) is 0 Å². The largest absolute Gasteiger partial charge is 0.308 e. The molecule has 1 nitrogen and oxygen atoms in total. The molecule has 1 heteroatoms. The Balaban J connectivity index is 1.54. The van der Waals surface area contributed by atoms with E-state index in [0.717, 1.165) is 12.0 Å². The predicted molar refractivity (Wildman–Crippen MR) is 136 cm³/mol. The SMILES string of the molecule is C/C=C(\C=N)C1=C(c2ccc(C(C3=CCCCC3)C3C=CCCC3)cc2)C2=C=CC=C2C1. The van der Waals surface area contributed by atoms with Gasteiger partial charge in [-0.15, -0.1) is 5.73 Å². The quantitative estimate of drug-likeness (QED) is 0.272. The van der Waals surface area contributed by atoms with Crippen molar-refractivity contribution in [3.05, 3.63) is 105 Å². The minimum absolute atomic E-state index is 0.520. The average Bonchev–Trinajstić information content (AvgIpc) is 3.44. The molecule has 0 aliphatic heterocycles. The Hall–Kier alpha value is -2.89. The highest BCUT2D eigenvalue weighted by atomic mass is 14.4. The van der Waals surface area contributed by atoms with Crippen molar-refractivity contribution >= 4 is 11.8 Å². The molecule has 4 aliphatic rings. The Morgan fingerprint density at radius 3 is 2.69 bits per heavy atom. The molecule has 2 atom stereocenters. The van der Waals surface area contributed by atoms with Gasteiger partial charge in [-0.05, 0) is 104 Å². The monoisotopic (exact) mass is 419 g/mol. The number of hydrogen-bond acceptors (Lipinski definition) is 1. The van der Waals surface area contributed by atoms with E-state index in [-0.39, 0.29) is 0 Å². The van der Waals surface area contributed by atoms with E-state index in [1.165, 1.54) is 84.6 Å². The van der Waals surface area contributed by atoms with Crippen LogP contribution in [-0.2, 0) is 0 Å².